The fourth-order valence-corrected chi connectivity index (χ4v) is 6.25. The molecule has 5 nitrogen and oxygen atoms in total. The topological polar surface area (TPSA) is 66.5 Å². The first-order valence-electron chi connectivity index (χ1n) is 10.2. The molecule has 2 aromatic rings. The van der Waals surface area contributed by atoms with Crippen LogP contribution in [0.3, 0.4) is 0 Å². The Bertz CT molecular complexity index is 1020. The number of halogens is 1. The summed E-state index contributed by atoms with van der Waals surface area (Å²) in [5.74, 6) is -0.279. The predicted octanol–water partition coefficient (Wildman–Crippen LogP) is 4.32. The van der Waals surface area contributed by atoms with Crippen molar-refractivity contribution in [3.05, 3.63) is 64.2 Å². The molecule has 1 aliphatic heterocycles. The third kappa shape index (κ3) is 4.20. The maximum Gasteiger partial charge on any atom is 0.251 e. The number of nitrogens with one attached hydrogen (secondary N) is 1. The molecule has 0 saturated carbocycles. The Morgan fingerprint density at radius 3 is 2.59 bits per heavy atom. The van der Waals surface area contributed by atoms with Crippen LogP contribution in [0.4, 0.5) is 0 Å². The number of hydrogen-bond acceptors (Lipinski definition) is 3. The number of aryl methyl sites for hydroxylation is 1. The molecule has 0 bridgehead atoms. The van der Waals surface area contributed by atoms with Gasteiger partial charge in [-0.05, 0) is 61.4 Å². The summed E-state index contributed by atoms with van der Waals surface area (Å²) in [5, 5.41) is 3.23. The van der Waals surface area contributed by atoms with Gasteiger partial charge in [-0.2, -0.15) is 4.31 Å². The highest BCUT2D eigenvalue weighted by molar-refractivity contribution is 7.89. The zero-order valence-corrected chi connectivity index (χ0v) is 17.8. The number of carbonyl (C=O) groups is 1. The number of sulfonamides is 1. The molecule has 7 heteroatoms. The van der Waals surface area contributed by atoms with Crippen molar-refractivity contribution in [2.24, 2.45) is 0 Å². The van der Waals surface area contributed by atoms with Gasteiger partial charge in [-0.25, -0.2) is 8.42 Å². The summed E-state index contributed by atoms with van der Waals surface area (Å²) in [6, 6.07) is 12.6. The molecule has 0 radical (unpaired) electrons. The maximum absolute atomic E-state index is 13.0. The molecule has 1 fully saturated rings. The summed E-state index contributed by atoms with van der Waals surface area (Å²) in [6.07, 6.45) is 5.62. The molecule has 1 amide bonds. The second-order valence-corrected chi connectivity index (χ2v) is 10.0. The molecular formula is C22H25ClN2O3S. The molecular weight excluding hydrogens is 408 g/mol. The number of fused-ring (bicyclic) bond motifs is 1. The van der Waals surface area contributed by atoms with Gasteiger partial charge in [-0.1, -0.05) is 42.3 Å². The number of carbonyl (C=O) groups excluding carboxylic acids is 1. The van der Waals surface area contributed by atoms with Crippen LogP contribution in [-0.2, 0) is 16.4 Å². The lowest BCUT2D eigenvalue weighted by molar-refractivity contribution is 0.0932. The lowest BCUT2D eigenvalue weighted by Crippen LogP contribution is -2.36. The normalized spacial score (nSPS) is 20.1. The molecule has 0 spiro atoms. The van der Waals surface area contributed by atoms with Gasteiger partial charge in [-0.15, -0.1) is 0 Å². The largest absolute Gasteiger partial charge is 0.345 e. The summed E-state index contributed by atoms with van der Waals surface area (Å²) < 4.78 is 27.6. The van der Waals surface area contributed by atoms with Crippen LogP contribution in [0.15, 0.2) is 47.4 Å². The Hall–Kier alpha value is -1.89. The second kappa shape index (κ2) is 8.46. The number of nitrogens with zero attached hydrogens (tertiary/aromatic N) is 1. The van der Waals surface area contributed by atoms with Crippen LogP contribution in [-0.4, -0.2) is 31.7 Å². The van der Waals surface area contributed by atoms with Crippen LogP contribution in [0.1, 0.15) is 59.6 Å². The minimum atomic E-state index is -3.71. The third-order valence-corrected chi connectivity index (χ3v) is 8.18. The fraction of sp³-hybridized carbons (Fsp3) is 0.409. The molecule has 1 unspecified atom stereocenters. The van der Waals surface area contributed by atoms with Gasteiger partial charge in [0.2, 0.25) is 10.0 Å². The van der Waals surface area contributed by atoms with Crippen molar-refractivity contribution in [2.75, 3.05) is 13.1 Å². The number of amides is 1. The molecule has 4 rings (SSSR count). The molecule has 29 heavy (non-hydrogen) atoms. The summed E-state index contributed by atoms with van der Waals surface area (Å²) in [6.45, 7) is 0.988. The van der Waals surface area contributed by atoms with Crippen LogP contribution in [0.5, 0.6) is 0 Å². The minimum absolute atomic E-state index is 0.0118. The monoisotopic (exact) mass is 432 g/mol. The zero-order chi connectivity index (χ0) is 20.4. The first kappa shape index (κ1) is 20.4. The van der Waals surface area contributed by atoms with Gasteiger partial charge in [0.15, 0.2) is 0 Å². The van der Waals surface area contributed by atoms with E-state index in [-0.39, 0.29) is 21.9 Å². The highest BCUT2D eigenvalue weighted by Gasteiger charge is 2.29. The molecule has 1 N–H and O–H groups in total. The molecule has 1 heterocycles. The van der Waals surface area contributed by atoms with Gasteiger partial charge in [0.05, 0.1) is 11.1 Å². The molecule has 2 aliphatic rings. The Balaban J connectivity index is 1.58. The number of piperidine rings is 1. The van der Waals surface area contributed by atoms with Gasteiger partial charge in [-0.3, -0.25) is 4.79 Å². The van der Waals surface area contributed by atoms with Gasteiger partial charge >= 0.3 is 0 Å². The first-order chi connectivity index (χ1) is 14.0. The third-order valence-electron chi connectivity index (χ3n) is 5.80. The summed E-state index contributed by atoms with van der Waals surface area (Å²) >= 11 is 6.23. The summed E-state index contributed by atoms with van der Waals surface area (Å²) in [4.78, 5) is 12.9. The van der Waals surface area contributed by atoms with Crippen LogP contribution < -0.4 is 5.32 Å². The molecule has 1 aliphatic carbocycles. The Kier molecular flexibility index (Phi) is 5.95. The highest BCUT2D eigenvalue weighted by Crippen LogP contribution is 2.31. The van der Waals surface area contributed by atoms with Crippen molar-refractivity contribution < 1.29 is 13.2 Å². The van der Waals surface area contributed by atoms with Gasteiger partial charge in [0.1, 0.15) is 4.90 Å². The summed E-state index contributed by atoms with van der Waals surface area (Å²) in [7, 11) is -3.71. The van der Waals surface area contributed by atoms with Crippen LogP contribution in [0, 0.1) is 0 Å². The van der Waals surface area contributed by atoms with Crippen molar-refractivity contribution in [2.45, 2.75) is 49.5 Å². The predicted molar refractivity (Wildman–Crippen MR) is 114 cm³/mol. The van der Waals surface area contributed by atoms with Crippen molar-refractivity contribution in [3.63, 3.8) is 0 Å². The lowest BCUT2D eigenvalue weighted by Gasteiger charge is -2.27. The first-order valence-corrected chi connectivity index (χ1v) is 12.0. The van der Waals surface area contributed by atoms with Crippen LogP contribution in [0.2, 0.25) is 5.02 Å². The van der Waals surface area contributed by atoms with Crippen LogP contribution in [0.25, 0.3) is 0 Å². The van der Waals surface area contributed by atoms with E-state index in [1.165, 1.54) is 22.0 Å². The van der Waals surface area contributed by atoms with Gasteiger partial charge in [0.25, 0.3) is 5.91 Å². The Labute approximate surface area is 177 Å². The van der Waals surface area contributed by atoms with E-state index in [4.69, 9.17) is 11.6 Å². The number of hydrogen-bond donors (Lipinski definition) is 1. The number of benzene rings is 2. The van der Waals surface area contributed by atoms with E-state index in [0.29, 0.717) is 18.7 Å². The van der Waals surface area contributed by atoms with Crippen molar-refractivity contribution >= 4 is 27.5 Å². The summed E-state index contributed by atoms with van der Waals surface area (Å²) in [5.41, 5.74) is 2.71. The Morgan fingerprint density at radius 1 is 1.03 bits per heavy atom. The Morgan fingerprint density at radius 2 is 1.79 bits per heavy atom. The quantitative estimate of drug-likeness (QED) is 0.782. The SMILES string of the molecule is O=C(NC1CCCc2ccccc21)c1ccc(Cl)c(S(=O)(=O)N2CCCCC2)c1. The minimum Gasteiger partial charge on any atom is -0.345 e. The number of rotatable bonds is 4. The standard InChI is InChI=1S/C22H25ClN2O3S/c23-19-12-11-17(15-21(19)29(27,28)25-13-4-1-5-14-25)22(26)24-20-10-6-8-16-7-2-3-9-18(16)20/h2-3,7,9,11-12,15,20H,1,4-6,8,10,13-14H2,(H,24,26). The smallest absolute Gasteiger partial charge is 0.251 e. The highest BCUT2D eigenvalue weighted by atomic mass is 35.5. The zero-order valence-electron chi connectivity index (χ0n) is 16.2. The van der Waals surface area contributed by atoms with E-state index in [9.17, 15) is 13.2 Å². The van der Waals surface area contributed by atoms with E-state index in [1.54, 1.807) is 6.07 Å². The van der Waals surface area contributed by atoms with Crippen molar-refractivity contribution in [3.8, 4) is 0 Å². The van der Waals surface area contributed by atoms with E-state index in [1.807, 2.05) is 18.2 Å². The van der Waals surface area contributed by atoms with E-state index in [0.717, 1.165) is 44.1 Å². The van der Waals surface area contributed by atoms with Gasteiger partial charge < -0.3 is 5.32 Å². The van der Waals surface area contributed by atoms with E-state index < -0.39 is 10.0 Å². The van der Waals surface area contributed by atoms with Gasteiger partial charge in [0, 0.05) is 18.7 Å². The average molecular weight is 433 g/mol. The molecule has 2 aromatic carbocycles. The lowest BCUT2D eigenvalue weighted by atomic mass is 9.87. The molecule has 1 atom stereocenters. The van der Waals surface area contributed by atoms with Crippen molar-refractivity contribution in [1.82, 2.24) is 9.62 Å². The molecule has 1 saturated heterocycles. The maximum atomic E-state index is 13.0. The van der Waals surface area contributed by atoms with Crippen LogP contribution >= 0.6 is 11.6 Å². The van der Waals surface area contributed by atoms with Crippen molar-refractivity contribution in [1.29, 1.82) is 0 Å². The van der Waals surface area contributed by atoms with E-state index in [2.05, 4.69) is 11.4 Å². The molecule has 0 aromatic heterocycles. The second-order valence-electron chi connectivity index (χ2n) is 7.73. The molecule has 154 valence electrons. The van der Waals surface area contributed by atoms with E-state index >= 15 is 0 Å². The fourth-order valence-electron chi connectivity index (χ4n) is 4.23. The average Bonchev–Trinajstić information content (AvgIpc) is 2.75.